The van der Waals surface area contributed by atoms with E-state index in [1.54, 1.807) is 18.3 Å². The van der Waals surface area contributed by atoms with Crippen LogP contribution >= 0.6 is 0 Å². The number of nitrogens with two attached hydrogens (primary N) is 1. The molecule has 0 fully saturated rings. The third-order valence-corrected chi connectivity index (χ3v) is 1.79. The van der Waals surface area contributed by atoms with Gasteiger partial charge in [-0.1, -0.05) is 0 Å². The first kappa shape index (κ1) is 13.2. The van der Waals surface area contributed by atoms with Gasteiger partial charge in [0.05, 0.1) is 6.54 Å². The van der Waals surface area contributed by atoms with E-state index in [1.807, 2.05) is 0 Å². The molecular formula is C9H10N6O3. The van der Waals surface area contributed by atoms with Gasteiger partial charge in [0.1, 0.15) is 18.3 Å². The van der Waals surface area contributed by atoms with Crippen molar-refractivity contribution in [3.05, 3.63) is 34.0 Å². The van der Waals surface area contributed by atoms with Crippen molar-refractivity contribution in [3.8, 4) is 6.19 Å². The average Bonchev–Trinajstić information content (AvgIpc) is 2.34. The summed E-state index contributed by atoms with van der Waals surface area (Å²) in [6.45, 7) is -0.151. The normalized spacial score (nSPS) is 10.5. The lowest BCUT2D eigenvalue weighted by atomic mass is 10.2. The van der Waals surface area contributed by atoms with Crippen molar-refractivity contribution in [1.82, 2.24) is 10.3 Å². The van der Waals surface area contributed by atoms with Crippen LogP contribution in [0.5, 0.6) is 0 Å². The molecule has 1 rings (SSSR count). The van der Waals surface area contributed by atoms with E-state index in [-0.39, 0.29) is 19.0 Å². The van der Waals surface area contributed by atoms with Crippen LogP contribution < -0.4 is 11.1 Å². The molecule has 0 saturated heterocycles. The molecule has 0 bridgehead atoms. The third-order valence-electron chi connectivity index (χ3n) is 1.79. The Morgan fingerprint density at radius 2 is 2.50 bits per heavy atom. The summed E-state index contributed by atoms with van der Waals surface area (Å²) < 4.78 is 0. The molecule has 18 heavy (non-hydrogen) atoms. The maximum atomic E-state index is 9.92. The SMILES string of the molecule is N#CNC(=NCCO[N+](=O)[O-])c1ccc(N)nc1. The maximum absolute atomic E-state index is 9.92. The Bertz CT molecular complexity index is 478. The average molecular weight is 250 g/mol. The number of nitriles is 1. The van der Waals surface area contributed by atoms with Gasteiger partial charge in [-0.3, -0.25) is 10.3 Å². The van der Waals surface area contributed by atoms with Crippen molar-refractivity contribution in [3.63, 3.8) is 0 Å². The summed E-state index contributed by atoms with van der Waals surface area (Å²) in [6.07, 6.45) is 3.15. The van der Waals surface area contributed by atoms with Gasteiger partial charge in [0.25, 0.3) is 5.09 Å². The van der Waals surface area contributed by atoms with Crippen LogP contribution in [0.15, 0.2) is 23.3 Å². The minimum absolute atomic E-state index is 0.0371. The summed E-state index contributed by atoms with van der Waals surface area (Å²) in [5.41, 5.74) is 5.97. The second-order valence-corrected chi connectivity index (χ2v) is 3.00. The number of aliphatic imine (C=N–C) groups is 1. The monoisotopic (exact) mass is 250 g/mol. The summed E-state index contributed by atoms with van der Waals surface area (Å²) in [7, 11) is 0. The molecule has 9 nitrogen and oxygen atoms in total. The molecule has 3 N–H and O–H groups in total. The largest absolute Gasteiger partial charge is 0.384 e. The molecule has 0 atom stereocenters. The number of hydrogen-bond donors (Lipinski definition) is 2. The van der Waals surface area contributed by atoms with E-state index in [4.69, 9.17) is 11.0 Å². The number of nitrogen functional groups attached to an aromatic ring is 1. The van der Waals surface area contributed by atoms with Gasteiger partial charge in [-0.2, -0.15) is 5.26 Å². The summed E-state index contributed by atoms with van der Waals surface area (Å²) in [4.78, 5) is 21.8. The second kappa shape index (κ2) is 6.64. The van der Waals surface area contributed by atoms with E-state index in [0.717, 1.165) is 0 Å². The van der Waals surface area contributed by atoms with Crippen molar-refractivity contribution in [2.75, 3.05) is 18.9 Å². The van der Waals surface area contributed by atoms with Crippen LogP contribution in [-0.4, -0.2) is 29.1 Å². The number of pyridine rings is 1. The highest BCUT2D eigenvalue weighted by molar-refractivity contribution is 5.99. The number of anilines is 1. The second-order valence-electron chi connectivity index (χ2n) is 3.00. The van der Waals surface area contributed by atoms with Gasteiger partial charge >= 0.3 is 0 Å². The van der Waals surface area contributed by atoms with Crippen LogP contribution in [0.4, 0.5) is 5.82 Å². The van der Waals surface area contributed by atoms with Crippen molar-refractivity contribution >= 4 is 11.7 Å². The lowest BCUT2D eigenvalue weighted by Gasteiger charge is -2.04. The third kappa shape index (κ3) is 4.31. The Labute approximate surface area is 102 Å². The highest BCUT2D eigenvalue weighted by Gasteiger charge is 2.03. The van der Waals surface area contributed by atoms with Crippen LogP contribution in [-0.2, 0) is 4.84 Å². The van der Waals surface area contributed by atoms with Gasteiger partial charge < -0.3 is 10.6 Å². The molecule has 0 radical (unpaired) electrons. The van der Waals surface area contributed by atoms with Crippen molar-refractivity contribution in [1.29, 1.82) is 5.26 Å². The van der Waals surface area contributed by atoms with E-state index in [2.05, 4.69) is 20.1 Å². The topological polar surface area (TPSA) is 139 Å². The molecule has 0 amide bonds. The number of nitrogens with one attached hydrogen (secondary N) is 1. The fourth-order valence-electron chi connectivity index (χ4n) is 1.07. The van der Waals surface area contributed by atoms with Gasteiger partial charge in [0.2, 0.25) is 0 Å². The minimum Gasteiger partial charge on any atom is -0.384 e. The predicted octanol–water partition coefficient (Wildman–Crippen LogP) is -0.311. The first-order valence-electron chi connectivity index (χ1n) is 4.82. The van der Waals surface area contributed by atoms with Crippen molar-refractivity contribution in [2.45, 2.75) is 0 Å². The molecule has 0 aliphatic rings. The zero-order chi connectivity index (χ0) is 13.4. The van der Waals surface area contributed by atoms with Gasteiger partial charge in [-0.15, -0.1) is 10.1 Å². The predicted molar refractivity (Wildman–Crippen MR) is 61.7 cm³/mol. The van der Waals surface area contributed by atoms with Crippen molar-refractivity contribution < 1.29 is 9.92 Å². The maximum Gasteiger partial charge on any atom is 0.294 e. The number of rotatable bonds is 5. The lowest BCUT2D eigenvalue weighted by molar-refractivity contribution is -0.757. The summed E-state index contributed by atoms with van der Waals surface area (Å²) in [5.74, 6) is 0.587. The minimum atomic E-state index is -0.905. The number of hydrogen-bond acceptors (Lipinski definition) is 7. The van der Waals surface area contributed by atoms with Crippen LogP contribution in [0.1, 0.15) is 5.56 Å². The highest BCUT2D eigenvalue weighted by Crippen LogP contribution is 2.01. The number of amidine groups is 1. The molecule has 1 heterocycles. The standard InChI is InChI=1S/C9H10N6O3/c10-6-14-9(12-3-4-18-15(16)17)7-1-2-8(11)13-5-7/h1-2,5H,3-4H2,(H2,11,13)(H,12,14). The summed E-state index contributed by atoms with van der Waals surface area (Å²) >= 11 is 0. The Morgan fingerprint density at radius 1 is 1.72 bits per heavy atom. The lowest BCUT2D eigenvalue weighted by Crippen LogP contribution is -2.20. The smallest absolute Gasteiger partial charge is 0.294 e. The number of nitrogens with zero attached hydrogens (tertiary/aromatic N) is 4. The molecule has 0 unspecified atom stereocenters. The van der Waals surface area contributed by atoms with E-state index < -0.39 is 5.09 Å². The first-order chi connectivity index (χ1) is 8.63. The molecule has 94 valence electrons. The molecule has 1 aromatic heterocycles. The number of aromatic nitrogens is 1. The molecule has 0 aliphatic carbocycles. The Hall–Kier alpha value is -2.89. The van der Waals surface area contributed by atoms with Gasteiger partial charge in [-0.25, -0.2) is 4.98 Å². The summed E-state index contributed by atoms with van der Waals surface area (Å²) in [6, 6.07) is 3.18. The first-order valence-corrected chi connectivity index (χ1v) is 4.82. The Morgan fingerprint density at radius 3 is 3.06 bits per heavy atom. The molecule has 0 spiro atoms. The molecule has 9 heteroatoms. The highest BCUT2D eigenvalue weighted by atomic mass is 16.9. The molecule has 1 aromatic rings. The van der Waals surface area contributed by atoms with Crippen LogP contribution in [0, 0.1) is 21.6 Å². The zero-order valence-corrected chi connectivity index (χ0v) is 9.24. The molecule has 0 aromatic carbocycles. The molecule has 0 aliphatic heterocycles. The van der Waals surface area contributed by atoms with E-state index >= 15 is 0 Å². The Kier molecular flexibility index (Phi) is 4.86. The summed E-state index contributed by atoms with van der Waals surface area (Å²) in [5, 5.41) is 19.9. The zero-order valence-electron chi connectivity index (χ0n) is 9.24. The van der Waals surface area contributed by atoms with Gasteiger partial charge in [0.15, 0.2) is 6.19 Å². The Balaban J connectivity index is 2.70. The van der Waals surface area contributed by atoms with Crippen LogP contribution in [0.3, 0.4) is 0 Å². The van der Waals surface area contributed by atoms with E-state index in [1.165, 1.54) is 6.20 Å². The molecule has 0 saturated carbocycles. The van der Waals surface area contributed by atoms with Gasteiger partial charge in [-0.05, 0) is 12.1 Å². The fourth-order valence-corrected chi connectivity index (χ4v) is 1.07. The fraction of sp³-hybridized carbons (Fsp3) is 0.222. The van der Waals surface area contributed by atoms with Gasteiger partial charge in [0, 0.05) is 11.8 Å². The molecular weight excluding hydrogens is 240 g/mol. The van der Waals surface area contributed by atoms with Crippen molar-refractivity contribution in [2.24, 2.45) is 4.99 Å². The van der Waals surface area contributed by atoms with E-state index in [9.17, 15) is 10.1 Å². The van der Waals surface area contributed by atoms with E-state index in [0.29, 0.717) is 11.4 Å². The van der Waals surface area contributed by atoms with Crippen LogP contribution in [0.2, 0.25) is 0 Å². The quantitative estimate of drug-likeness (QED) is 0.139. The van der Waals surface area contributed by atoms with Crippen LogP contribution in [0.25, 0.3) is 0 Å².